The van der Waals surface area contributed by atoms with E-state index in [9.17, 15) is 24.0 Å². The summed E-state index contributed by atoms with van der Waals surface area (Å²) in [6.45, 7) is 12.5. The number of nitrogens with one attached hydrogen (secondary N) is 1. The zero-order valence-electron chi connectivity index (χ0n) is 21.3. The fourth-order valence-electron chi connectivity index (χ4n) is 3.45. The van der Waals surface area contributed by atoms with Crippen LogP contribution in [0, 0.1) is 11.8 Å². The predicted octanol–water partition coefficient (Wildman–Crippen LogP) is 4.29. The normalized spacial score (nSPS) is 15.7. The average Bonchev–Trinajstić information content (AvgIpc) is 2.69. The Morgan fingerprint density at radius 1 is 1.09 bits per heavy atom. The van der Waals surface area contributed by atoms with Gasteiger partial charge in [-0.2, -0.15) is 0 Å². The number of amides is 2. The van der Waals surface area contributed by atoms with Crippen LogP contribution >= 0.6 is 0 Å². The molecule has 1 unspecified atom stereocenters. The molecule has 34 heavy (non-hydrogen) atoms. The van der Waals surface area contributed by atoms with Crippen LogP contribution in [0.3, 0.4) is 0 Å². The summed E-state index contributed by atoms with van der Waals surface area (Å²) in [7, 11) is 0. The van der Waals surface area contributed by atoms with E-state index in [2.05, 4.69) is 5.32 Å². The lowest BCUT2D eigenvalue weighted by Crippen LogP contribution is -2.42. The van der Waals surface area contributed by atoms with E-state index < -0.39 is 5.60 Å². The Morgan fingerprint density at radius 2 is 1.74 bits per heavy atom. The molecule has 188 valence electrons. The van der Waals surface area contributed by atoms with Gasteiger partial charge < -0.3 is 9.47 Å². The highest BCUT2D eigenvalue weighted by Gasteiger charge is 2.28. The van der Waals surface area contributed by atoms with Crippen LogP contribution in [0.2, 0.25) is 0 Å². The number of carbonyl (C=O) groups excluding carboxylic acids is 5. The molecular weight excluding hydrogens is 438 g/mol. The van der Waals surface area contributed by atoms with Gasteiger partial charge in [-0.1, -0.05) is 26.0 Å². The molecule has 0 aromatic heterocycles. The highest BCUT2D eigenvalue weighted by atomic mass is 16.6. The van der Waals surface area contributed by atoms with Gasteiger partial charge in [0.25, 0.3) is 0 Å². The summed E-state index contributed by atoms with van der Waals surface area (Å²) >= 11 is 0. The molecule has 1 saturated heterocycles. The van der Waals surface area contributed by atoms with E-state index in [0.717, 1.165) is 0 Å². The van der Waals surface area contributed by atoms with Crippen molar-refractivity contribution in [3.63, 3.8) is 0 Å². The molecule has 1 aliphatic rings. The topological polar surface area (TPSA) is 116 Å². The zero-order chi connectivity index (χ0) is 26.1. The van der Waals surface area contributed by atoms with Gasteiger partial charge in [0.05, 0.1) is 12.2 Å². The van der Waals surface area contributed by atoms with Crippen LogP contribution in [0.4, 0.5) is 0 Å². The number of ether oxygens (including phenoxy) is 2. The largest absolute Gasteiger partial charge is 0.493 e. The lowest BCUT2D eigenvalue weighted by Gasteiger charge is -2.23. The molecule has 8 heteroatoms. The minimum atomic E-state index is -0.504. The molecule has 1 atom stereocenters. The highest BCUT2D eigenvalue weighted by molar-refractivity contribution is 6.09. The Bertz CT molecular complexity index is 912. The van der Waals surface area contributed by atoms with E-state index in [1.165, 1.54) is 13.8 Å². The number of Topliss-reactive ketones (excluding diaryl/α,β-unsaturated/α-hetero) is 2. The van der Waals surface area contributed by atoms with Gasteiger partial charge in [-0.3, -0.25) is 29.3 Å². The Kier molecular flexibility index (Phi) is 11.1. The Balaban J connectivity index is 0.000000437. The maximum atomic E-state index is 11.8. The van der Waals surface area contributed by atoms with Crippen LogP contribution in [0.25, 0.3) is 0 Å². The summed E-state index contributed by atoms with van der Waals surface area (Å²) in [5.41, 5.74) is 0.134. The van der Waals surface area contributed by atoms with Gasteiger partial charge in [0.1, 0.15) is 11.4 Å². The Labute approximate surface area is 201 Å². The van der Waals surface area contributed by atoms with Gasteiger partial charge in [-0.15, -0.1) is 0 Å². The molecule has 0 aliphatic carbocycles. The van der Waals surface area contributed by atoms with Crippen molar-refractivity contribution in [1.82, 2.24) is 5.32 Å². The van der Waals surface area contributed by atoms with Crippen molar-refractivity contribution >= 4 is 29.4 Å². The first kappa shape index (κ1) is 29.0. The first-order valence-corrected chi connectivity index (χ1v) is 11.6. The summed E-state index contributed by atoms with van der Waals surface area (Å²) in [5, 5.41) is 2.33. The molecule has 0 spiro atoms. The van der Waals surface area contributed by atoms with E-state index in [1.54, 1.807) is 18.2 Å². The van der Waals surface area contributed by atoms with Crippen molar-refractivity contribution in [1.29, 1.82) is 0 Å². The first-order valence-electron chi connectivity index (χ1n) is 11.6. The van der Waals surface area contributed by atoms with E-state index in [-0.39, 0.29) is 53.9 Å². The van der Waals surface area contributed by atoms with Gasteiger partial charge in [0, 0.05) is 24.3 Å². The SMILES string of the molecule is CC(=O)c1cccc(OCCCC(=O)OC(C)(C)C)c1C(C)=O.CC(C)C1CCC(=O)NC1=O. The van der Waals surface area contributed by atoms with Crippen LogP contribution in [0.1, 0.15) is 94.9 Å². The molecule has 8 nitrogen and oxygen atoms in total. The average molecular weight is 476 g/mol. The van der Waals surface area contributed by atoms with Crippen molar-refractivity contribution in [3.8, 4) is 5.75 Å². The number of benzene rings is 1. The third kappa shape index (κ3) is 9.85. The lowest BCUT2D eigenvalue weighted by atomic mass is 9.88. The number of rotatable bonds is 8. The summed E-state index contributed by atoms with van der Waals surface area (Å²) in [6, 6.07) is 4.93. The number of imide groups is 1. The van der Waals surface area contributed by atoms with Crippen molar-refractivity contribution in [2.45, 2.75) is 79.8 Å². The number of esters is 1. The van der Waals surface area contributed by atoms with Crippen molar-refractivity contribution in [2.24, 2.45) is 11.8 Å². The maximum Gasteiger partial charge on any atom is 0.306 e. The van der Waals surface area contributed by atoms with Gasteiger partial charge in [0.15, 0.2) is 11.6 Å². The minimum Gasteiger partial charge on any atom is -0.493 e. The predicted molar refractivity (Wildman–Crippen MR) is 128 cm³/mol. The summed E-state index contributed by atoms with van der Waals surface area (Å²) in [5.74, 6) is -0.189. The second kappa shape index (κ2) is 13.0. The number of piperidine rings is 1. The molecule has 1 aromatic carbocycles. The quantitative estimate of drug-likeness (QED) is 0.258. The number of carbonyl (C=O) groups is 5. The molecular formula is C26H37NO7. The van der Waals surface area contributed by atoms with Crippen LogP contribution in [0.15, 0.2) is 18.2 Å². The van der Waals surface area contributed by atoms with E-state index in [1.807, 2.05) is 34.6 Å². The third-order valence-electron chi connectivity index (χ3n) is 5.05. The van der Waals surface area contributed by atoms with Gasteiger partial charge in [-0.25, -0.2) is 0 Å². The number of hydrogen-bond donors (Lipinski definition) is 1. The van der Waals surface area contributed by atoms with Crippen molar-refractivity contribution in [2.75, 3.05) is 6.61 Å². The van der Waals surface area contributed by atoms with Gasteiger partial charge in [0.2, 0.25) is 11.8 Å². The third-order valence-corrected chi connectivity index (χ3v) is 5.05. The van der Waals surface area contributed by atoms with Crippen LogP contribution in [0.5, 0.6) is 5.75 Å². The fourth-order valence-corrected chi connectivity index (χ4v) is 3.45. The van der Waals surface area contributed by atoms with Gasteiger partial charge in [-0.05, 0) is 59.4 Å². The monoisotopic (exact) mass is 475 g/mol. The molecule has 0 radical (unpaired) electrons. The van der Waals surface area contributed by atoms with E-state index in [0.29, 0.717) is 36.5 Å². The smallest absolute Gasteiger partial charge is 0.306 e. The molecule has 0 saturated carbocycles. The lowest BCUT2D eigenvalue weighted by molar-refractivity contribution is -0.155. The van der Waals surface area contributed by atoms with Crippen LogP contribution in [-0.2, 0) is 19.1 Å². The summed E-state index contributed by atoms with van der Waals surface area (Å²) in [6.07, 6.45) is 1.91. The first-order chi connectivity index (χ1) is 15.7. The second-order valence-corrected chi connectivity index (χ2v) is 9.63. The van der Waals surface area contributed by atoms with Crippen LogP contribution in [-0.4, -0.2) is 41.6 Å². The molecule has 1 heterocycles. The minimum absolute atomic E-state index is 0.0349. The molecule has 1 N–H and O–H groups in total. The standard InChI is InChI=1S/C18H24O5.C8H13NO2/c1-12(19)14-8-6-9-15(17(14)13(2)20)22-11-7-10-16(21)23-18(3,4)5;1-5(2)6-3-4-7(10)9-8(6)11/h6,8-9H,7,10-11H2,1-5H3;5-6H,3-4H2,1-2H3,(H,9,10,11). The molecule has 1 aromatic rings. The van der Waals surface area contributed by atoms with Crippen molar-refractivity contribution in [3.05, 3.63) is 29.3 Å². The number of ketones is 2. The Hall–Kier alpha value is -3.03. The van der Waals surface area contributed by atoms with Crippen molar-refractivity contribution < 1.29 is 33.4 Å². The number of hydrogen-bond acceptors (Lipinski definition) is 7. The summed E-state index contributed by atoms with van der Waals surface area (Å²) < 4.78 is 10.8. The van der Waals surface area contributed by atoms with Crippen LogP contribution < -0.4 is 10.1 Å². The van der Waals surface area contributed by atoms with E-state index >= 15 is 0 Å². The molecule has 1 aliphatic heterocycles. The maximum absolute atomic E-state index is 11.8. The van der Waals surface area contributed by atoms with Gasteiger partial charge >= 0.3 is 5.97 Å². The van der Waals surface area contributed by atoms with E-state index in [4.69, 9.17) is 9.47 Å². The molecule has 1 fully saturated rings. The molecule has 2 amide bonds. The second-order valence-electron chi connectivity index (χ2n) is 9.63. The molecule has 0 bridgehead atoms. The Morgan fingerprint density at radius 3 is 2.24 bits per heavy atom. The zero-order valence-corrected chi connectivity index (χ0v) is 21.3. The highest BCUT2D eigenvalue weighted by Crippen LogP contribution is 2.24. The fraction of sp³-hybridized carbons (Fsp3) is 0.577. The molecule has 2 rings (SSSR count). The summed E-state index contributed by atoms with van der Waals surface area (Å²) in [4.78, 5) is 56.8.